The number of piperazine rings is 1. The summed E-state index contributed by atoms with van der Waals surface area (Å²) in [6.45, 7) is 3.26. The summed E-state index contributed by atoms with van der Waals surface area (Å²) in [6.07, 6.45) is 0.476. The van der Waals surface area contributed by atoms with E-state index in [1.807, 2.05) is 59.5 Å². The van der Waals surface area contributed by atoms with E-state index in [2.05, 4.69) is 4.90 Å². The second-order valence-electron chi connectivity index (χ2n) is 8.20. The Labute approximate surface area is 197 Å². The van der Waals surface area contributed by atoms with E-state index >= 15 is 0 Å². The smallest absolute Gasteiger partial charge is 0.289 e. The Morgan fingerprint density at radius 1 is 0.909 bits per heavy atom. The van der Waals surface area contributed by atoms with Gasteiger partial charge in [-0.05, 0) is 60.1 Å². The predicted octanol–water partition coefficient (Wildman–Crippen LogP) is 4.29. The van der Waals surface area contributed by atoms with Gasteiger partial charge in [0.25, 0.3) is 5.91 Å². The lowest BCUT2D eigenvalue weighted by atomic mass is 10.2. The van der Waals surface area contributed by atoms with Gasteiger partial charge in [0.15, 0.2) is 11.0 Å². The number of halogens is 1. The van der Waals surface area contributed by atoms with Crippen LogP contribution in [0.1, 0.15) is 17.0 Å². The standard InChI is InChI=1S/C25H24ClN3O4/c26-23-11-10-22(33-23)25(31)28-14-12-27(13-15-28)19-16-24(30)29(17-19)18-6-8-21(9-7-18)32-20-4-2-1-3-5-20/h1-11,19H,12-17H2. The fourth-order valence-corrected chi connectivity index (χ4v) is 4.52. The zero-order valence-electron chi connectivity index (χ0n) is 18.0. The highest BCUT2D eigenvalue weighted by Gasteiger charge is 2.36. The molecule has 1 aromatic heterocycles. The molecule has 1 atom stereocenters. The van der Waals surface area contributed by atoms with Gasteiger partial charge in [0.2, 0.25) is 5.91 Å². The number of amides is 2. The monoisotopic (exact) mass is 465 g/mol. The number of rotatable bonds is 5. The van der Waals surface area contributed by atoms with E-state index in [-0.39, 0.29) is 28.8 Å². The molecule has 2 amide bonds. The van der Waals surface area contributed by atoms with Crippen molar-refractivity contribution in [2.45, 2.75) is 12.5 Å². The summed E-state index contributed by atoms with van der Waals surface area (Å²) in [5.41, 5.74) is 0.867. The molecule has 0 saturated carbocycles. The van der Waals surface area contributed by atoms with Crippen molar-refractivity contribution >= 4 is 29.1 Å². The topological polar surface area (TPSA) is 66.2 Å². The molecule has 7 nitrogen and oxygen atoms in total. The number of hydrogen-bond donors (Lipinski definition) is 0. The molecule has 2 saturated heterocycles. The first kappa shape index (κ1) is 21.6. The van der Waals surface area contributed by atoms with Crippen LogP contribution in [0.2, 0.25) is 5.22 Å². The van der Waals surface area contributed by atoms with Crippen molar-refractivity contribution in [2.24, 2.45) is 0 Å². The van der Waals surface area contributed by atoms with E-state index in [1.165, 1.54) is 0 Å². The van der Waals surface area contributed by atoms with Crippen molar-refractivity contribution in [1.29, 1.82) is 0 Å². The number of ether oxygens (including phenoxy) is 1. The Morgan fingerprint density at radius 2 is 1.61 bits per heavy atom. The van der Waals surface area contributed by atoms with Crippen molar-refractivity contribution in [3.8, 4) is 11.5 Å². The fourth-order valence-electron chi connectivity index (χ4n) is 4.38. The Hall–Kier alpha value is -3.29. The molecule has 2 aliphatic heterocycles. The van der Waals surface area contributed by atoms with Crippen LogP contribution in [0.3, 0.4) is 0 Å². The van der Waals surface area contributed by atoms with Gasteiger partial charge in [0.05, 0.1) is 0 Å². The molecule has 0 N–H and O–H groups in total. The highest BCUT2D eigenvalue weighted by molar-refractivity contribution is 6.29. The van der Waals surface area contributed by atoms with Crippen LogP contribution in [0.15, 0.2) is 71.1 Å². The average Bonchev–Trinajstić information content (AvgIpc) is 3.46. The first-order valence-electron chi connectivity index (χ1n) is 11.0. The molecule has 2 aromatic carbocycles. The van der Waals surface area contributed by atoms with Crippen molar-refractivity contribution in [2.75, 3.05) is 37.6 Å². The number of anilines is 1. The first-order chi connectivity index (χ1) is 16.1. The lowest BCUT2D eigenvalue weighted by Gasteiger charge is -2.37. The maximum atomic E-state index is 12.7. The normalized spacial score (nSPS) is 19.2. The van der Waals surface area contributed by atoms with E-state index < -0.39 is 0 Å². The minimum atomic E-state index is -0.150. The molecule has 0 spiro atoms. The molecule has 2 aliphatic rings. The molecule has 3 aromatic rings. The van der Waals surface area contributed by atoms with Gasteiger partial charge in [-0.15, -0.1) is 0 Å². The number of para-hydroxylation sites is 1. The van der Waals surface area contributed by atoms with Crippen LogP contribution in [0.5, 0.6) is 11.5 Å². The third kappa shape index (κ3) is 4.74. The van der Waals surface area contributed by atoms with E-state index in [0.29, 0.717) is 26.1 Å². The number of carbonyl (C=O) groups excluding carboxylic acids is 2. The SMILES string of the molecule is O=C(c1ccc(Cl)o1)N1CCN(C2CC(=O)N(c3ccc(Oc4ccccc4)cc3)C2)CC1. The molecule has 5 rings (SSSR count). The summed E-state index contributed by atoms with van der Waals surface area (Å²) >= 11 is 5.79. The predicted molar refractivity (Wildman–Crippen MR) is 125 cm³/mol. The molecular formula is C25H24ClN3O4. The first-order valence-corrected chi connectivity index (χ1v) is 11.4. The van der Waals surface area contributed by atoms with Crippen molar-refractivity contribution in [1.82, 2.24) is 9.80 Å². The largest absolute Gasteiger partial charge is 0.457 e. The molecule has 2 fully saturated rings. The third-order valence-corrected chi connectivity index (χ3v) is 6.34. The van der Waals surface area contributed by atoms with E-state index in [9.17, 15) is 9.59 Å². The summed E-state index contributed by atoms with van der Waals surface area (Å²) in [6, 6.07) is 20.5. The number of benzene rings is 2. The molecule has 0 bridgehead atoms. The molecule has 8 heteroatoms. The Kier molecular flexibility index (Phi) is 6.07. The Bertz CT molecular complexity index is 1120. The molecule has 0 radical (unpaired) electrons. The summed E-state index contributed by atoms with van der Waals surface area (Å²) in [5, 5.41) is 0.209. The highest BCUT2D eigenvalue weighted by atomic mass is 35.5. The average molecular weight is 466 g/mol. The maximum Gasteiger partial charge on any atom is 0.289 e. The van der Waals surface area contributed by atoms with Crippen LogP contribution in [-0.4, -0.2) is 60.4 Å². The van der Waals surface area contributed by atoms with Crippen LogP contribution in [-0.2, 0) is 4.79 Å². The van der Waals surface area contributed by atoms with Gasteiger partial charge in [0.1, 0.15) is 11.5 Å². The summed E-state index contributed by atoms with van der Waals surface area (Å²) in [4.78, 5) is 31.2. The number of hydrogen-bond acceptors (Lipinski definition) is 5. The van der Waals surface area contributed by atoms with Crippen LogP contribution in [0, 0.1) is 0 Å². The minimum Gasteiger partial charge on any atom is -0.457 e. The second-order valence-corrected chi connectivity index (χ2v) is 8.58. The van der Waals surface area contributed by atoms with E-state index in [0.717, 1.165) is 30.3 Å². The number of carbonyl (C=O) groups is 2. The molecule has 33 heavy (non-hydrogen) atoms. The van der Waals surface area contributed by atoms with Crippen molar-refractivity contribution in [3.05, 3.63) is 77.7 Å². The summed E-state index contributed by atoms with van der Waals surface area (Å²) in [7, 11) is 0. The van der Waals surface area contributed by atoms with Gasteiger partial charge in [-0.1, -0.05) is 18.2 Å². The van der Waals surface area contributed by atoms with Gasteiger partial charge < -0.3 is 19.0 Å². The van der Waals surface area contributed by atoms with E-state index in [1.54, 1.807) is 17.0 Å². The van der Waals surface area contributed by atoms with E-state index in [4.69, 9.17) is 20.8 Å². The summed E-state index contributed by atoms with van der Waals surface area (Å²) in [5.74, 6) is 1.72. The third-order valence-electron chi connectivity index (χ3n) is 6.13. The highest BCUT2D eigenvalue weighted by Crippen LogP contribution is 2.28. The Balaban J connectivity index is 1.17. The van der Waals surface area contributed by atoms with Crippen LogP contribution >= 0.6 is 11.6 Å². The van der Waals surface area contributed by atoms with Gasteiger partial charge in [-0.2, -0.15) is 0 Å². The minimum absolute atomic E-state index is 0.112. The second kappa shape index (κ2) is 9.29. The van der Waals surface area contributed by atoms with Crippen LogP contribution < -0.4 is 9.64 Å². The molecule has 0 aliphatic carbocycles. The number of furan rings is 1. The van der Waals surface area contributed by atoms with Gasteiger partial charge in [-0.3, -0.25) is 14.5 Å². The summed E-state index contributed by atoms with van der Waals surface area (Å²) < 4.78 is 11.1. The van der Waals surface area contributed by atoms with Gasteiger partial charge >= 0.3 is 0 Å². The van der Waals surface area contributed by atoms with Gasteiger partial charge in [0, 0.05) is 50.9 Å². The lowest BCUT2D eigenvalue weighted by Crippen LogP contribution is -2.52. The zero-order valence-corrected chi connectivity index (χ0v) is 18.8. The Morgan fingerprint density at radius 3 is 2.27 bits per heavy atom. The van der Waals surface area contributed by atoms with Crippen molar-refractivity contribution < 1.29 is 18.7 Å². The molecule has 170 valence electrons. The van der Waals surface area contributed by atoms with Crippen LogP contribution in [0.25, 0.3) is 0 Å². The van der Waals surface area contributed by atoms with Crippen LogP contribution in [0.4, 0.5) is 5.69 Å². The molecule has 1 unspecified atom stereocenters. The van der Waals surface area contributed by atoms with Crippen molar-refractivity contribution in [3.63, 3.8) is 0 Å². The molecular weight excluding hydrogens is 442 g/mol. The molecule has 3 heterocycles. The fraction of sp³-hybridized carbons (Fsp3) is 0.280. The lowest BCUT2D eigenvalue weighted by molar-refractivity contribution is -0.117. The number of nitrogens with zero attached hydrogens (tertiary/aromatic N) is 3. The maximum absolute atomic E-state index is 12.7. The quantitative estimate of drug-likeness (QED) is 0.562. The van der Waals surface area contributed by atoms with Gasteiger partial charge in [-0.25, -0.2) is 0 Å². The zero-order chi connectivity index (χ0) is 22.8.